The fourth-order valence-corrected chi connectivity index (χ4v) is 2.10. The van der Waals surface area contributed by atoms with E-state index in [1.807, 2.05) is 13.8 Å². The molecule has 4 nitrogen and oxygen atoms in total. The molecule has 0 saturated heterocycles. The zero-order valence-corrected chi connectivity index (χ0v) is 10.7. The van der Waals surface area contributed by atoms with Crippen LogP contribution in [0.5, 0.6) is 0 Å². The minimum Gasteiger partial charge on any atom is -0.326 e. The lowest BCUT2D eigenvalue weighted by atomic mass is 10.00. The van der Waals surface area contributed by atoms with Crippen LogP contribution in [0.15, 0.2) is 24.3 Å². The number of benzene rings is 1. The van der Waals surface area contributed by atoms with Gasteiger partial charge in [-0.05, 0) is 18.1 Å². The monoisotopic (exact) mass is 246 g/mol. The third-order valence-electron chi connectivity index (χ3n) is 3.65. The van der Waals surface area contributed by atoms with Crippen LogP contribution in [-0.4, -0.2) is 29.3 Å². The maximum Gasteiger partial charge on any atom is 0.261 e. The number of nitrogens with two attached hydrogens (primary N) is 1. The summed E-state index contributed by atoms with van der Waals surface area (Å²) in [5.41, 5.74) is 6.99. The number of amides is 2. The van der Waals surface area contributed by atoms with Gasteiger partial charge in [-0.3, -0.25) is 14.5 Å². The predicted octanol–water partition coefficient (Wildman–Crippen LogP) is 1.66. The highest BCUT2D eigenvalue weighted by Gasteiger charge is 2.36. The Bertz CT molecular complexity index is 449. The van der Waals surface area contributed by atoms with Crippen LogP contribution in [0, 0.1) is 5.92 Å². The van der Waals surface area contributed by atoms with E-state index in [0.29, 0.717) is 17.7 Å². The molecule has 0 radical (unpaired) electrons. The molecule has 2 unspecified atom stereocenters. The summed E-state index contributed by atoms with van der Waals surface area (Å²) in [5, 5.41) is 0. The highest BCUT2D eigenvalue weighted by molar-refractivity contribution is 6.21. The van der Waals surface area contributed by atoms with Gasteiger partial charge in [-0.2, -0.15) is 0 Å². The second-order valence-corrected chi connectivity index (χ2v) is 4.82. The molecule has 2 atom stereocenters. The number of hydrogen-bond acceptors (Lipinski definition) is 3. The molecular weight excluding hydrogens is 228 g/mol. The summed E-state index contributed by atoms with van der Waals surface area (Å²) in [5.74, 6) is -0.169. The van der Waals surface area contributed by atoms with E-state index in [4.69, 9.17) is 5.73 Å². The molecule has 1 aromatic carbocycles. The van der Waals surface area contributed by atoms with Gasteiger partial charge in [0.2, 0.25) is 0 Å². The fourth-order valence-electron chi connectivity index (χ4n) is 2.10. The molecule has 1 aromatic rings. The van der Waals surface area contributed by atoms with Gasteiger partial charge < -0.3 is 5.73 Å². The third-order valence-corrected chi connectivity index (χ3v) is 3.65. The average Bonchev–Trinajstić information content (AvgIpc) is 2.63. The normalized spacial score (nSPS) is 17.8. The first-order valence-corrected chi connectivity index (χ1v) is 6.27. The van der Waals surface area contributed by atoms with E-state index in [2.05, 4.69) is 0 Å². The largest absolute Gasteiger partial charge is 0.326 e. The Labute approximate surface area is 107 Å². The standard InChI is InChI=1S/C14H18N2O2/c1-3-9(2)12(15)8-16-13(17)10-6-4-5-7-11(10)14(16)18/h4-7,9,12H,3,8,15H2,1-2H3. The number of rotatable bonds is 4. The van der Waals surface area contributed by atoms with Crippen molar-refractivity contribution < 1.29 is 9.59 Å². The molecule has 2 amide bonds. The van der Waals surface area contributed by atoms with E-state index in [0.717, 1.165) is 6.42 Å². The predicted molar refractivity (Wildman–Crippen MR) is 69.2 cm³/mol. The third kappa shape index (κ3) is 2.04. The Morgan fingerprint density at radius 1 is 1.17 bits per heavy atom. The van der Waals surface area contributed by atoms with Crippen molar-refractivity contribution in [1.82, 2.24) is 4.90 Å². The van der Waals surface area contributed by atoms with Crippen molar-refractivity contribution in [3.8, 4) is 0 Å². The van der Waals surface area contributed by atoms with Crippen LogP contribution in [0.1, 0.15) is 41.0 Å². The molecule has 0 aromatic heterocycles. The van der Waals surface area contributed by atoms with Crippen molar-refractivity contribution in [3.05, 3.63) is 35.4 Å². The van der Waals surface area contributed by atoms with Gasteiger partial charge in [-0.25, -0.2) is 0 Å². The van der Waals surface area contributed by atoms with Crippen molar-refractivity contribution in [2.75, 3.05) is 6.54 Å². The van der Waals surface area contributed by atoms with Gasteiger partial charge in [0.1, 0.15) is 0 Å². The maximum absolute atomic E-state index is 12.1. The topological polar surface area (TPSA) is 63.4 Å². The molecule has 1 aliphatic rings. The molecule has 0 fully saturated rings. The number of carbonyl (C=O) groups excluding carboxylic acids is 2. The number of hydrogen-bond donors (Lipinski definition) is 1. The van der Waals surface area contributed by atoms with E-state index >= 15 is 0 Å². The van der Waals surface area contributed by atoms with Crippen LogP contribution in [0.3, 0.4) is 0 Å². The van der Waals surface area contributed by atoms with Crippen molar-refractivity contribution in [2.45, 2.75) is 26.3 Å². The first-order valence-electron chi connectivity index (χ1n) is 6.27. The molecular formula is C14H18N2O2. The molecule has 2 rings (SSSR count). The summed E-state index contributed by atoms with van der Waals surface area (Å²) >= 11 is 0. The van der Waals surface area contributed by atoms with E-state index in [1.54, 1.807) is 24.3 Å². The molecule has 4 heteroatoms. The van der Waals surface area contributed by atoms with Crippen LogP contribution >= 0.6 is 0 Å². The van der Waals surface area contributed by atoms with Gasteiger partial charge in [0, 0.05) is 12.6 Å². The molecule has 0 aliphatic carbocycles. The SMILES string of the molecule is CCC(C)C(N)CN1C(=O)c2ccccc2C1=O. The Hall–Kier alpha value is -1.68. The highest BCUT2D eigenvalue weighted by Crippen LogP contribution is 2.23. The summed E-state index contributed by atoms with van der Waals surface area (Å²) < 4.78 is 0. The minimum absolute atomic E-state index is 0.169. The number of nitrogens with zero attached hydrogens (tertiary/aromatic N) is 1. The lowest BCUT2D eigenvalue weighted by Gasteiger charge is -2.23. The first-order chi connectivity index (χ1) is 8.56. The molecule has 0 bridgehead atoms. The van der Waals surface area contributed by atoms with Gasteiger partial charge >= 0.3 is 0 Å². The number of fused-ring (bicyclic) bond motifs is 1. The number of carbonyl (C=O) groups is 2. The van der Waals surface area contributed by atoms with Gasteiger partial charge in [0.05, 0.1) is 11.1 Å². The van der Waals surface area contributed by atoms with Crippen molar-refractivity contribution >= 4 is 11.8 Å². The van der Waals surface area contributed by atoms with Crippen LogP contribution in [0.4, 0.5) is 0 Å². The lowest BCUT2D eigenvalue weighted by Crippen LogP contribution is -2.43. The van der Waals surface area contributed by atoms with Gasteiger partial charge in [0.25, 0.3) is 11.8 Å². The number of imide groups is 1. The summed E-state index contributed by atoms with van der Waals surface area (Å²) in [6, 6.07) is 6.73. The Kier molecular flexibility index (Phi) is 3.48. The smallest absolute Gasteiger partial charge is 0.261 e. The van der Waals surface area contributed by atoms with E-state index in [1.165, 1.54) is 4.90 Å². The lowest BCUT2D eigenvalue weighted by molar-refractivity contribution is 0.0635. The Morgan fingerprint density at radius 2 is 1.67 bits per heavy atom. The van der Waals surface area contributed by atoms with Crippen LogP contribution in [-0.2, 0) is 0 Å². The van der Waals surface area contributed by atoms with Crippen LogP contribution < -0.4 is 5.73 Å². The summed E-state index contributed by atoms with van der Waals surface area (Å²) in [6.07, 6.45) is 0.935. The van der Waals surface area contributed by atoms with Crippen molar-refractivity contribution in [3.63, 3.8) is 0 Å². The van der Waals surface area contributed by atoms with Gasteiger partial charge in [-0.1, -0.05) is 32.4 Å². The van der Waals surface area contributed by atoms with Gasteiger partial charge in [0.15, 0.2) is 0 Å². The molecule has 2 N–H and O–H groups in total. The van der Waals surface area contributed by atoms with Crippen molar-refractivity contribution in [1.29, 1.82) is 0 Å². The van der Waals surface area contributed by atoms with E-state index in [9.17, 15) is 9.59 Å². The second kappa shape index (κ2) is 4.90. The quantitative estimate of drug-likeness (QED) is 0.822. The molecule has 0 spiro atoms. The molecule has 1 aliphatic heterocycles. The average molecular weight is 246 g/mol. The maximum atomic E-state index is 12.1. The zero-order chi connectivity index (χ0) is 13.3. The molecule has 18 heavy (non-hydrogen) atoms. The van der Waals surface area contributed by atoms with Crippen molar-refractivity contribution in [2.24, 2.45) is 11.7 Å². The first kappa shape index (κ1) is 12.8. The zero-order valence-electron chi connectivity index (χ0n) is 10.7. The highest BCUT2D eigenvalue weighted by atomic mass is 16.2. The fraction of sp³-hybridized carbons (Fsp3) is 0.429. The second-order valence-electron chi connectivity index (χ2n) is 4.82. The van der Waals surface area contributed by atoms with Crippen LogP contribution in [0.25, 0.3) is 0 Å². The Morgan fingerprint density at radius 3 is 2.11 bits per heavy atom. The van der Waals surface area contributed by atoms with Crippen LogP contribution in [0.2, 0.25) is 0 Å². The van der Waals surface area contributed by atoms with E-state index < -0.39 is 0 Å². The summed E-state index contributed by atoms with van der Waals surface area (Å²) in [7, 11) is 0. The minimum atomic E-state index is -0.227. The summed E-state index contributed by atoms with van der Waals surface area (Å²) in [6.45, 7) is 4.37. The molecule has 96 valence electrons. The van der Waals surface area contributed by atoms with Gasteiger partial charge in [-0.15, -0.1) is 0 Å². The molecule has 0 saturated carbocycles. The Balaban J connectivity index is 2.19. The molecule has 1 heterocycles. The summed E-state index contributed by atoms with van der Waals surface area (Å²) in [4.78, 5) is 25.5. The van der Waals surface area contributed by atoms with E-state index in [-0.39, 0.29) is 23.8 Å².